The highest BCUT2D eigenvalue weighted by molar-refractivity contribution is 5.77. The summed E-state index contributed by atoms with van der Waals surface area (Å²) in [6.07, 6.45) is 2.80. The molecule has 92 valence electrons. The van der Waals surface area contributed by atoms with Gasteiger partial charge in [-0.15, -0.1) is 0 Å². The second kappa shape index (κ2) is 6.44. The van der Waals surface area contributed by atoms with Gasteiger partial charge >= 0.3 is 0 Å². The molecule has 1 atom stereocenters. The highest BCUT2D eigenvalue weighted by Crippen LogP contribution is 2.16. The molecule has 6 heteroatoms. The van der Waals surface area contributed by atoms with Gasteiger partial charge in [0.1, 0.15) is 0 Å². The van der Waals surface area contributed by atoms with Gasteiger partial charge < -0.3 is 10.6 Å². The van der Waals surface area contributed by atoms with Crippen molar-refractivity contribution in [2.75, 3.05) is 19.6 Å². The van der Waals surface area contributed by atoms with Gasteiger partial charge in [0.2, 0.25) is 11.8 Å². The van der Waals surface area contributed by atoms with Crippen molar-refractivity contribution in [3.63, 3.8) is 0 Å². The van der Waals surface area contributed by atoms with Crippen LogP contribution in [0.25, 0.3) is 0 Å². The number of unbranched alkanes of at least 4 members (excludes halogenated alkanes) is 1. The normalized spacial score (nSPS) is 20.9. The first-order valence-electron chi connectivity index (χ1n) is 5.58. The van der Waals surface area contributed by atoms with Crippen LogP contribution in [0.15, 0.2) is 0 Å². The first-order valence-corrected chi connectivity index (χ1v) is 5.58. The minimum Gasteiger partial charge on any atom is -0.369 e. The van der Waals surface area contributed by atoms with E-state index in [0.29, 0.717) is 6.42 Å². The van der Waals surface area contributed by atoms with Gasteiger partial charge in [-0.1, -0.05) is 0 Å². The van der Waals surface area contributed by atoms with Gasteiger partial charge in [0.25, 0.3) is 0 Å². The number of rotatable bonds is 6. The van der Waals surface area contributed by atoms with Crippen LogP contribution in [0.3, 0.4) is 0 Å². The quantitative estimate of drug-likeness (QED) is 0.324. The Kier molecular flexibility index (Phi) is 5.21. The summed E-state index contributed by atoms with van der Waals surface area (Å²) in [6.45, 7) is 2.52. The van der Waals surface area contributed by atoms with E-state index in [-0.39, 0.29) is 17.7 Å². The molecule has 0 aromatic carbocycles. The van der Waals surface area contributed by atoms with Crippen molar-refractivity contribution in [2.45, 2.75) is 25.7 Å². The summed E-state index contributed by atoms with van der Waals surface area (Å²) in [4.78, 5) is 23.8. The molecule has 1 rings (SSSR count). The molecular weight excluding hydrogens is 210 g/mol. The standard InChI is InChI=1S/C10H19N3O3/c11-10(15)8-4-6-13(7-8)5-2-1-3-9(14)12-16/h8,16H,1-7H2,(H2,11,15)(H,12,14). The van der Waals surface area contributed by atoms with Crippen molar-refractivity contribution in [2.24, 2.45) is 11.7 Å². The van der Waals surface area contributed by atoms with E-state index >= 15 is 0 Å². The van der Waals surface area contributed by atoms with Crippen LogP contribution in [-0.4, -0.2) is 41.6 Å². The summed E-state index contributed by atoms with van der Waals surface area (Å²) in [5, 5.41) is 8.28. The molecule has 1 heterocycles. The van der Waals surface area contributed by atoms with Gasteiger partial charge in [-0.25, -0.2) is 5.48 Å². The first kappa shape index (κ1) is 12.9. The van der Waals surface area contributed by atoms with E-state index in [9.17, 15) is 9.59 Å². The number of carbonyl (C=O) groups is 2. The van der Waals surface area contributed by atoms with Gasteiger partial charge in [-0.05, 0) is 32.4 Å². The third kappa shape index (κ3) is 4.16. The van der Waals surface area contributed by atoms with E-state index in [0.717, 1.165) is 38.9 Å². The Bertz CT molecular complexity index is 258. The molecule has 2 amide bonds. The van der Waals surface area contributed by atoms with Crippen molar-refractivity contribution < 1.29 is 14.8 Å². The van der Waals surface area contributed by atoms with E-state index in [2.05, 4.69) is 4.90 Å². The lowest BCUT2D eigenvalue weighted by Gasteiger charge is -2.14. The van der Waals surface area contributed by atoms with Gasteiger partial charge in [0.15, 0.2) is 0 Å². The zero-order chi connectivity index (χ0) is 12.0. The molecule has 1 aliphatic rings. The number of nitrogens with zero attached hydrogens (tertiary/aromatic N) is 1. The zero-order valence-electron chi connectivity index (χ0n) is 9.32. The summed E-state index contributed by atoms with van der Waals surface area (Å²) in [7, 11) is 0. The predicted octanol–water partition coefficient (Wildman–Crippen LogP) is -0.531. The third-order valence-electron chi connectivity index (χ3n) is 2.93. The lowest BCUT2D eigenvalue weighted by Crippen LogP contribution is -2.28. The number of hydrogen-bond donors (Lipinski definition) is 3. The molecule has 6 nitrogen and oxygen atoms in total. The Morgan fingerprint density at radius 3 is 2.75 bits per heavy atom. The highest BCUT2D eigenvalue weighted by Gasteiger charge is 2.25. The number of carbonyl (C=O) groups excluding carboxylic acids is 2. The molecule has 1 fully saturated rings. The molecule has 0 aromatic heterocycles. The Balaban J connectivity index is 2.07. The molecule has 1 aliphatic heterocycles. The fourth-order valence-electron chi connectivity index (χ4n) is 1.94. The lowest BCUT2D eigenvalue weighted by atomic mass is 10.1. The van der Waals surface area contributed by atoms with Crippen molar-refractivity contribution in [3.8, 4) is 0 Å². The van der Waals surface area contributed by atoms with Crippen LogP contribution in [0.5, 0.6) is 0 Å². The van der Waals surface area contributed by atoms with Crippen molar-refractivity contribution in [1.82, 2.24) is 10.4 Å². The lowest BCUT2D eigenvalue weighted by molar-refractivity contribution is -0.129. The van der Waals surface area contributed by atoms with E-state index in [1.807, 2.05) is 0 Å². The Labute approximate surface area is 94.7 Å². The maximum absolute atomic E-state index is 10.9. The smallest absolute Gasteiger partial charge is 0.243 e. The maximum Gasteiger partial charge on any atom is 0.243 e. The van der Waals surface area contributed by atoms with Gasteiger partial charge in [-0.3, -0.25) is 14.8 Å². The van der Waals surface area contributed by atoms with Gasteiger partial charge in [0, 0.05) is 13.0 Å². The Hall–Kier alpha value is -1.14. The van der Waals surface area contributed by atoms with Crippen LogP contribution in [0, 0.1) is 5.92 Å². The summed E-state index contributed by atoms with van der Waals surface area (Å²) >= 11 is 0. The summed E-state index contributed by atoms with van der Waals surface area (Å²) in [5.41, 5.74) is 6.83. The van der Waals surface area contributed by atoms with E-state index in [4.69, 9.17) is 10.9 Å². The predicted molar refractivity (Wildman–Crippen MR) is 57.5 cm³/mol. The van der Waals surface area contributed by atoms with Crippen LogP contribution in [0.4, 0.5) is 0 Å². The number of primary amides is 1. The number of nitrogens with one attached hydrogen (secondary N) is 1. The van der Waals surface area contributed by atoms with Crippen LogP contribution < -0.4 is 11.2 Å². The molecule has 0 radical (unpaired) electrons. The molecule has 1 unspecified atom stereocenters. The zero-order valence-corrected chi connectivity index (χ0v) is 9.32. The van der Waals surface area contributed by atoms with Crippen LogP contribution in [0.2, 0.25) is 0 Å². The van der Waals surface area contributed by atoms with Crippen molar-refractivity contribution in [1.29, 1.82) is 0 Å². The Morgan fingerprint density at radius 2 is 2.19 bits per heavy atom. The van der Waals surface area contributed by atoms with Crippen LogP contribution >= 0.6 is 0 Å². The van der Waals surface area contributed by atoms with Crippen LogP contribution in [0.1, 0.15) is 25.7 Å². The molecule has 0 aliphatic carbocycles. The first-order chi connectivity index (χ1) is 7.63. The molecular formula is C10H19N3O3. The van der Waals surface area contributed by atoms with Crippen LogP contribution in [-0.2, 0) is 9.59 Å². The number of nitrogens with two attached hydrogens (primary N) is 1. The fraction of sp³-hybridized carbons (Fsp3) is 0.800. The molecule has 0 aromatic rings. The number of hydrogen-bond acceptors (Lipinski definition) is 4. The monoisotopic (exact) mass is 229 g/mol. The average Bonchev–Trinajstić information content (AvgIpc) is 2.72. The summed E-state index contributed by atoms with van der Waals surface area (Å²) in [6, 6.07) is 0. The summed E-state index contributed by atoms with van der Waals surface area (Å²) < 4.78 is 0. The number of likely N-dealkylation sites (tertiary alicyclic amines) is 1. The van der Waals surface area contributed by atoms with Gasteiger partial charge in [0.05, 0.1) is 5.92 Å². The molecule has 16 heavy (non-hydrogen) atoms. The molecule has 1 saturated heterocycles. The van der Waals surface area contributed by atoms with Crippen molar-refractivity contribution in [3.05, 3.63) is 0 Å². The number of hydroxylamine groups is 1. The second-order valence-electron chi connectivity index (χ2n) is 4.18. The molecule has 0 spiro atoms. The molecule has 0 saturated carbocycles. The van der Waals surface area contributed by atoms with E-state index < -0.39 is 0 Å². The van der Waals surface area contributed by atoms with E-state index in [1.54, 1.807) is 5.48 Å². The maximum atomic E-state index is 10.9. The third-order valence-corrected chi connectivity index (χ3v) is 2.93. The highest BCUT2D eigenvalue weighted by atomic mass is 16.5. The van der Waals surface area contributed by atoms with Crippen molar-refractivity contribution >= 4 is 11.8 Å². The minimum atomic E-state index is -0.351. The molecule has 0 bridgehead atoms. The SMILES string of the molecule is NC(=O)C1CCN(CCCCC(=O)NO)C1. The summed E-state index contributed by atoms with van der Waals surface area (Å²) in [5.74, 6) is -0.584. The topological polar surface area (TPSA) is 95.7 Å². The second-order valence-corrected chi connectivity index (χ2v) is 4.18. The average molecular weight is 229 g/mol. The molecule has 4 N–H and O–H groups in total. The van der Waals surface area contributed by atoms with Gasteiger partial charge in [-0.2, -0.15) is 0 Å². The fourth-order valence-corrected chi connectivity index (χ4v) is 1.94. The Morgan fingerprint density at radius 1 is 1.44 bits per heavy atom. The van der Waals surface area contributed by atoms with E-state index in [1.165, 1.54) is 0 Å². The largest absolute Gasteiger partial charge is 0.369 e. The number of amides is 2. The minimum absolute atomic E-state index is 0.0132.